The Kier molecular flexibility index (Phi) is 5.67. The summed E-state index contributed by atoms with van der Waals surface area (Å²) < 4.78 is 1.83. The molecule has 1 aromatic heterocycles. The maximum absolute atomic E-state index is 12.6. The van der Waals surface area contributed by atoms with E-state index in [1.54, 1.807) is 11.8 Å². The van der Waals surface area contributed by atoms with Crippen LogP contribution < -0.4 is 5.32 Å². The lowest BCUT2D eigenvalue weighted by atomic mass is 10.2. The zero-order valence-electron chi connectivity index (χ0n) is 16.4. The first-order valence-electron chi connectivity index (χ1n) is 9.50. The molecular weight excluding hydrogens is 382 g/mol. The zero-order valence-corrected chi connectivity index (χ0v) is 17.3. The normalized spacial score (nSPS) is 16.0. The molecule has 0 fully saturated rings. The second kappa shape index (κ2) is 8.53. The van der Waals surface area contributed by atoms with E-state index in [4.69, 9.17) is 0 Å². The monoisotopic (exact) mass is 405 g/mol. The molecule has 1 aliphatic heterocycles. The number of amides is 1. The molecule has 0 spiro atoms. The first kappa shape index (κ1) is 19.3. The molecule has 2 aromatic carbocycles. The van der Waals surface area contributed by atoms with Gasteiger partial charge in [-0.3, -0.25) is 4.79 Å². The minimum atomic E-state index is -0.208. The molecule has 0 aliphatic carbocycles. The van der Waals surface area contributed by atoms with E-state index in [1.165, 1.54) is 11.3 Å². The number of thioether (sulfide) groups is 1. The fourth-order valence-corrected chi connectivity index (χ4v) is 4.43. The van der Waals surface area contributed by atoms with Crippen molar-refractivity contribution in [3.63, 3.8) is 0 Å². The van der Waals surface area contributed by atoms with Crippen LogP contribution in [0.25, 0.3) is 0 Å². The maximum atomic E-state index is 12.6. The van der Waals surface area contributed by atoms with Gasteiger partial charge in [-0.2, -0.15) is 0 Å². The van der Waals surface area contributed by atoms with Crippen LogP contribution in [0.3, 0.4) is 0 Å². The van der Waals surface area contributed by atoms with Gasteiger partial charge in [-0.25, -0.2) is 4.68 Å². The minimum absolute atomic E-state index is 0.0571. The first-order chi connectivity index (χ1) is 14.1. The Bertz CT molecular complexity index is 1020. The second-order valence-electron chi connectivity index (χ2n) is 6.97. The van der Waals surface area contributed by atoms with Gasteiger partial charge in [-0.15, -0.1) is 5.10 Å². The third-order valence-electron chi connectivity index (χ3n) is 4.92. The Labute approximate surface area is 174 Å². The Balaban J connectivity index is 1.49. The molecule has 148 valence electrons. The van der Waals surface area contributed by atoms with Gasteiger partial charge >= 0.3 is 0 Å². The lowest BCUT2D eigenvalue weighted by Crippen LogP contribution is -2.28. The average Bonchev–Trinajstić information content (AvgIpc) is 3.30. The quantitative estimate of drug-likeness (QED) is 0.669. The van der Waals surface area contributed by atoms with Gasteiger partial charge in [0.15, 0.2) is 11.2 Å². The molecule has 6 nitrogen and oxygen atoms in total. The van der Waals surface area contributed by atoms with Crippen molar-refractivity contribution in [2.45, 2.75) is 32.4 Å². The van der Waals surface area contributed by atoms with Crippen molar-refractivity contribution in [2.24, 2.45) is 0 Å². The molecule has 0 radical (unpaired) electrons. The molecule has 0 bridgehead atoms. The number of carbonyl (C=O) groups excluding carboxylic acids is 1. The van der Waals surface area contributed by atoms with Crippen LogP contribution in [0.2, 0.25) is 0 Å². The number of benzene rings is 2. The third-order valence-corrected chi connectivity index (χ3v) is 6.10. The molecule has 1 atom stereocenters. The highest BCUT2D eigenvalue weighted by molar-refractivity contribution is 8.02. The number of carbonyl (C=O) groups is 1. The Morgan fingerprint density at radius 2 is 1.69 bits per heavy atom. The zero-order chi connectivity index (χ0) is 20.2. The van der Waals surface area contributed by atoms with Crippen molar-refractivity contribution < 1.29 is 4.79 Å². The lowest BCUT2D eigenvalue weighted by molar-refractivity contribution is 0.0945. The van der Waals surface area contributed by atoms with E-state index in [1.807, 2.05) is 60.1 Å². The standard InChI is InChI=1S/C22H23N5OS/c1-16-15-29-22(26(16)14-19-11-7-4-8-12-19)27-17(2)20(24-25-27)21(28)23-13-18-9-5-3-6-10-18/h3-12,15,22H,13-14H2,1-2H3,(H,23,28). The van der Waals surface area contributed by atoms with E-state index < -0.39 is 0 Å². The van der Waals surface area contributed by atoms with Crippen molar-refractivity contribution in [1.29, 1.82) is 0 Å². The van der Waals surface area contributed by atoms with Crippen LogP contribution in [0.15, 0.2) is 71.8 Å². The van der Waals surface area contributed by atoms with Crippen LogP contribution in [0, 0.1) is 6.92 Å². The number of aromatic nitrogens is 3. The fourth-order valence-electron chi connectivity index (χ4n) is 3.27. The van der Waals surface area contributed by atoms with Gasteiger partial charge in [0.2, 0.25) is 0 Å². The summed E-state index contributed by atoms with van der Waals surface area (Å²) in [4.78, 5) is 14.9. The van der Waals surface area contributed by atoms with Crippen LogP contribution in [0.5, 0.6) is 0 Å². The van der Waals surface area contributed by atoms with Gasteiger partial charge in [0, 0.05) is 18.8 Å². The lowest BCUT2D eigenvalue weighted by Gasteiger charge is -2.28. The van der Waals surface area contributed by atoms with Crippen molar-refractivity contribution >= 4 is 17.7 Å². The van der Waals surface area contributed by atoms with Crippen molar-refractivity contribution in [3.8, 4) is 0 Å². The molecular formula is C22H23N5OS. The van der Waals surface area contributed by atoms with Gasteiger partial charge in [-0.05, 0) is 30.4 Å². The number of rotatable bonds is 6. The Hall–Kier alpha value is -3.06. The number of hydrogen-bond donors (Lipinski definition) is 1. The van der Waals surface area contributed by atoms with Crippen LogP contribution in [0.1, 0.15) is 39.7 Å². The molecule has 3 aromatic rings. The summed E-state index contributed by atoms with van der Waals surface area (Å²) in [7, 11) is 0. The van der Waals surface area contributed by atoms with Gasteiger partial charge in [0.05, 0.1) is 5.69 Å². The summed E-state index contributed by atoms with van der Waals surface area (Å²) in [5.74, 6) is -0.208. The highest BCUT2D eigenvalue weighted by Crippen LogP contribution is 2.40. The summed E-state index contributed by atoms with van der Waals surface area (Å²) in [6.45, 7) is 5.22. The summed E-state index contributed by atoms with van der Waals surface area (Å²) in [5, 5.41) is 13.5. The highest BCUT2D eigenvalue weighted by Gasteiger charge is 2.30. The minimum Gasteiger partial charge on any atom is -0.347 e. The van der Waals surface area contributed by atoms with E-state index in [2.05, 4.69) is 45.0 Å². The number of allylic oxidation sites excluding steroid dienone is 1. The highest BCUT2D eigenvalue weighted by atomic mass is 32.2. The third kappa shape index (κ3) is 4.19. The van der Waals surface area contributed by atoms with Crippen molar-refractivity contribution in [3.05, 3.63) is 94.3 Å². The van der Waals surface area contributed by atoms with Crippen molar-refractivity contribution in [2.75, 3.05) is 0 Å². The van der Waals surface area contributed by atoms with Crippen LogP contribution in [0.4, 0.5) is 0 Å². The summed E-state index contributed by atoms with van der Waals surface area (Å²) in [6, 6.07) is 20.2. The van der Waals surface area contributed by atoms with Crippen molar-refractivity contribution in [1.82, 2.24) is 25.2 Å². The Morgan fingerprint density at radius 1 is 1.03 bits per heavy atom. The van der Waals surface area contributed by atoms with E-state index in [9.17, 15) is 4.79 Å². The SMILES string of the molecule is CC1=CSC(n2nnc(C(=O)NCc3ccccc3)c2C)N1Cc1ccccc1. The molecule has 29 heavy (non-hydrogen) atoms. The predicted octanol–water partition coefficient (Wildman–Crippen LogP) is 4.08. The summed E-state index contributed by atoms with van der Waals surface area (Å²) in [6.07, 6.45) is 0. The molecule has 7 heteroatoms. The van der Waals surface area contributed by atoms with Gasteiger partial charge in [0.25, 0.3) is 5.91 Å². The van der Waals surface area contributed by atoms with E-state index in [0.717, 1.165) is 17.8 Å². The van der Waals surface area contributed by atoms with Gasteiger partial charge < -0.3 is 10.2 Å². The van der Waals surface area contributed by atoms with E-state index in [0.29, 0.717) is 12.2 Å². The van der Waals surface area contributed by atoms with E-state index >= 15 is 0 Å². The van der Waals surface area contributed by atoms with Crippen LogP contribution in [-0.2, 0) is 13.1 Å². The molecule has 2 heterocycles. The smallest absolute Gasteiger partial charge is 0.274 e. The summed E-state index contributed by atoms with van der Waals surface area (Å²) in [5.41, 5.74) is 4.52. The predicted molar refractivity (Wildman–Crippen MR) is 115 cm³/mol. The number of hydrogen-bond acceptors (Lipinski definition) is 5. The second-order valence-corrected chi connectivity index (χ2v) is 7.90. The number of nitrogens with zero attached hydrogens (tertiary/aromatic N) is 4. The fraction of sp³-hybridized carbons (Fsp3) is 0.227. The van der Waals surface area contributed by atoms with E-state index in [-0.39, 0.29) is 11.4 Å². The van der Waals surface area contributed by atoms with Gasteiger partial charge in [0.1, 0.15) is 0 Å². The molecule has 0 saturated carbocycles. The topological polar surface area (TPSA) is 63.1 Å². The largest absolute Gasteiger partial charge is 0.347 e. The molecule has 1 amide bonds. The molecule has 1 unspecified atom stereocenters. The van der Waals surface area contributed by atoms with Crippen LogP contribution >= 0.6 is 11.8 Å². The molecule has 1 aliphatic rings. The maximum Gasteiger partial charge on any atom is 0.274 e. The molecule has 4 rings (SSSR count). The van der Waals surface area contributed by atoms with Gasteiger partial charge in [-0.1, -0.05) is 77.6 Å². The Morgan fingerprint density at radius 3 is 2.38 bits per heavy atom. The first-order valence-corrected chi connectivity index (χ1v) is 10.4. The molecule has 1 N–H and O–H groups in total. The number of nitrogens with one attached hydrogen (secondary N) is 1. The summed E-state index contributed by atoms with van der Waals surface area (Å²) >= 11 is 1.67. The molecule has 0 saturated heterocycles. The van der Waals surface area contributed by atoms with Crippen LogP contribution in [-0.4, -0.2) is 25.8 Å². The average molecular weight is 406 g/mol.